The molecule has 0 bridgehead atoms. The molecule has 2 aromatic rings. The van der Waals surface area contributed by atoms with E-state index in [9.17, 15) is 10.1 Å². The van der Waals surface area contributed by atoms with Crippen LogP contribution in [-0.2, 0) is 4.79 Å². The third kappa shape index (κ3) is 4.39. The Morgan fingerprint density at radius 1 is 1.19 bits per heavy atom. The lowest BCUT2D eigenvalue weighted by atomic mass is 10.2. The van der Waals surface area contributed by atoms with Gasteiger partial charge in [0.05, 0.1) is 0 Å². The Labute approximate surface area is 153 Å². The summed E-state index contributed by atoms with van der Waals surface area (Å²) in [6.45, 7) is 5.02. The first-order valence-electron chi connectivity index (χ1n) is 8.55. The molecule has 0 unspecified atom stereocenters. The lowest BCUT2D eigenvalue weighted by Crippen LogP contribution is -2.44. The van der Waals surface area contributed by atoms with E-state index in [0.717, 1.165) is 37.6 Å². The molecule has 0 atom stereocenters. The van der Waals surface area contributed by atoms with Gasteiger partial charge in [0.2, 0.25) is 0 Å². The highest BCUT2D eigenvalue weighted by Crippen LogP contribution is 2.14. The zero-order chi connectivity index (χ0) is 18.4. The van der Waals surface area contributed by atoms with Crippen LogP contribution in [0, 0.1) is 18.3 Å². The van der Waals surface area contributed by atoms with E-state index in [1.807, 2.05) is 60.4 Å². The Kier molecular flexibility index (Phi) is 5.49. The number of nitrogens with one attached hydrogen (secondary N) is 1. The molecule has 1 fully saturated rings. The number of hydrogen-bond donors (Lipinski definition) is 1. The summed E-state index contributed by atoms with van der Waals surface area (Å²) in [7, 11) is 0. The molecular formula is C20H21N5O. The largest absolute Gasteiger partial charge is 0.373 e. The first-order valence-corrected chi connectivity index (χ1v) is 8.55. The van der Waals surface area contributed by atoms with E-state index < -0.39 is 0 Å². The predicted molar refractivity (Wildman–Crippen MR) is 102 cm³/mol. The number of hydrogen-bond acceptors (Lipinski definition) is 5. The summed E-state index contributed by atoms with van der Waals surface area (Å²) in [6.07, 6.45) is 3.44. The summed E-state index contributed by atoms with van der Waals surface area (Å²) >= 11 is 0. The molecule has 3 rings (SSSR count). The number of carbonyl (C=O) groups is 1. The molecule has 6 nitrogen and oxygen atoms in total. The first-order chi connectivity index (χ1) is 12.7. The van der Waals surface area contributed by atoms with Gasteiger partial charge in [0.15, 0.2) is 0 Å². The van der Waals surface area contributed by atoms with E-state index in [1.165, 1.54) is 0 Å². The van der Waals surface area contributed by atoms with E-state index in [2.05, 4.69) is 15.2 Å². The van der Waals surface area contributed by atoms with Crippen LogP contribution in [0.15, 0.2) is 60.4 Å². The van der Waals surface area contributed by atoms with Crippen LogP contribution in [0.1, 0.15) is 5.56 Å². The molecule has 1 aromatic carbocycles. The Morgan fingerprint density at radius 3 is 2.65 bits per heavy atom. The smallest absolute Gasteiger partial charge is 0.267 e. The van der Waals surface area contributed by atoms with Crippen molar-refractivity contribution >= 4 is 17.4 Å². The SMILES string of the molecule is Cc1cccc(NC(=O)/C(C#N)=C\N2CCN(c3ccccn3)CC2)c1. The van der Waals surface area contributed by atoms with Gasteiger partial charge in [0.1, 0.15) is 17.5 Å². The van der Waals surface area contributed by atoms with Crippen LogP contribution >= 0.6 is 0 Å². The first kappa shape index (κ1) is 17.5. The lowest BCUT2D eigenvalue weighted by molar-refractivity contribution is -0.112. The van der Waals surface area contributed by atoms with Gasteiger partial charge in [0, 0.05) is 44.3 Å². The summed E-state index contributed by atoms with van der Waals surface area (Å²) in [4.78, 5) is 20.9. The number of pyridine rings is 1. The average Bonchev–Trinajstić information content (AvgIpc) is 2.67. The number of aryl methyl sites for hydroxylation is 1. The molecule has 0 saturated carbocycles. The van der Waals surface area contributed by atoms with Crippen LogP contribution in [0.2, 0.25) is 0 Å². The standard InChI is InChI=1S/C20H21N5O/c1-16-5-4-6-18(13-16)23-20(26)17(14-21)15-24-9-11-25(12-10-24)19-7-2-3-8-22-19/h2-8,13,15H,9-12H2,1H3,(H,23,26)/b17-15-. The van der Waals surface area contributed by atoms with Gasteiger partial charge in [0.25, 0.3) is 5.91 Å². The molecule has 0 radical (unpaired) electrons. The number of anilines is 2. The zero-order valence-electron chi connectivity index (χ0n) is 14.7. The number of rotatable bonds is 4. The van der Waals surface area contributed by atoms with Crippen LogP contribution < -0.4 is 10.2 Å². The number of aromatic nitrogens is 1. The minimum Gasteiger partial charge on any atom is -0.373 e. The van der Waals surface area contributed by atoms with Crippen molar-refractivity contribution in [3.05, 3.63) is 66.0 Å². The van der Waals surface area contributed by atoms with Crippen molar-refractivity contribution in [2.45, 2.75) is 6.92 Å². The molecule has 1 aliphatic heterocycles. The fourth-order valence-electron chi connectivity index (χ4n) is 2.86. The maximum Gasteiger partial charge on any atom is 0.267 e. The second-order valence-electron chi connectivity index (χ2n) is 6.19. The van der Waals surface area contributed by atoms with Crippen molar-refractivity contribution < 1.29 is 4.79 Å². The van der Waals surface area contributed by atoms with Gasteiger partial charge < -0.3 is 15.1 Å². The van der Waals surface area contributed by atoms with Crippen molar-refractivity contribution in [2.75, 3.05) is 36.4 Å². The van der Waals surface area contributed by atoms with E-state index >= 15 is 0 Å². The second kappa shape index (κ2) is 8.17. The molecule has 1 N–H and O–H groups in total. The highest BCUT2D eigenvalue weighted by molar-refractivity contribution is 6.06. The third-order valence-electron chi connectivity index (χ3n) is 4.24. The molecule has 1 aliphatic rings. The number of nitriles is 1. The molecule has 132 valence electrons. The summed E-state index contributed by atoms with van der Waals surface area (Å²) in [6, 6.07) is 15.4. The number of benzene rings is 1. The van der Waals surface area contributed by atoms with Crippen molar-refractivity contribution in [1.29, 1.82) is 5.26 Å². The Balaban J connectivity index is 1.61. The van der Waals surface area contributed by atoms with Gasteiger partial charge in [-0.2, -0.15) is 5.26 Å². The molecule has 0 aliphatic carbocycles. The Morgan fingerprint density at radius 2 is 2.00 bits per heavy atom. The minimum atomic E-state index is -0.384. The highest BCUT2D eigenvalue weighted by Gasteiger charge is 2.18. The summed E-state index contributed by atoms with van der Waals surface area (Å²) in [5, 5.41) is 12.1. The predicted octanol–water partition coefficient (Wildman–Crippen LogP) is 2.56. The highest BCUT2D eigenvalue weighted by atomic mass is 16.1. The van der Waals surface area contributed by atoms with Crippen molar-refractivity contribution in [2.24, 2.45) is 0 Å². The maximum absolute atomic E-state index is 12.4. The zero-order valence-corrected chi connectivity index (χ0v) is 14.7. The van der Waals surface area contributed by atoms with Gasteiger partial charge in [-0.05, 0) is 36.8 Å². The fourth-order valence-corrected chi connectivity index (χ4v) is 2.86. The van der Waals surface area contributed by atoms with Gasteiger partial charge in [-0.25, -0.2) is 4.98 Å². The minimum absolute atomic E-state index is 0.109. The van der Waals surface area contributed by atoms with Crippen LogP contribution in [0.25, 0.3) is 0 Å². The van der Waals surface area contributed by atoms with E-state index in [0.29, 0.717) is 5.69 Å². The number of nitrogens with zero attached hydrogens (tertiary/aromatic N) is 4. The van der Waals surface area contributed by atoms with E-state index in [-0.39, 0.29) is 11.5 Å². The summed E-state index contributed by atoms with van der Waals surface area (Å²) < 4.78 is 0. The van der Waals surface area contributed by atoms with Crippen LogP contribution in [0.5, 0.6) is 0 Å². The Bertz CT molecular complexity index is 833. The van der Waals surface area contributed by atoms with Crippen molar-refractivity contribution in [3.8, 4) is 6.07 Å². The van der Waals surface area contributed by atoms with E-state index in [4.69, 9.17) is 0 Å². The lowest BCUT2D eigenvalue weighted by Gasteiger charge is -2.34. The van der Waals surface area contributed by atoms with Gasteiger partial charge in [-0.1, -0.05) is 18.2 Å². The van der Waals surface area contributed by atoms with E-state index in [1.54, 1.807) is 12.4 Å². The topological polar surface area (TPSA) is 72.3 Å². The quantitative estimate of drug-likeness (QED) is 0.680. The van der Waals surface area contributed by atoms with Crippen LogP contribution in [-0.4, -0.2) is 42.0 Å². The van der Waals surface area contributed by atoms with Crippen LogP contribution in [0.3, 0.4) is 0 Å². The van der Waals surface area contributed by atoms with Gasteiger partial charge >= 0.3 is 0 Å². The Hall–Kier alpha value is -3.33. The van der Waals surface area contributed by atoms with Gasteiger partial charge in [-0.3, -0.25) is 4.79 Å². The normalized spacial score (nSPS) is 14.7. The molecule has 6 heteroatoms. The molecule has 1 aromatic heterocycles. The monoisotopic (exact) mass is 347 g/mol. The van der Waals surface area contributed by atoms with Crippen LogP contribution in [0.4, 0.5) is 11.5 Å². The second-order valence-corrected chi connectivity index (χ2v) is 6.19. The molecule has 0 spiro atoms. The van der Waals surface area contributed by atoms with Crippen molar-refractivity contribution in [1.82, 2.24) is 9.88 Å². The van der Waals surface area contributed by atoms with Gasteiger partial charge in [-0.15, -0.1) is 0 Å². The molecule has 2 heterocycles. The number of piperazine rings is 1. The average molecular weight is 347 g/mol. The summed E-state index contributed by atoms with van der Waals surface area (Å²) in [5.41, 5.74) is 1.85. The molecular weight excluding hydrogens is 326 g/mol. The van der Waals surface area contributed by atoms with Crippen molar-refractivity contribution in [3.63, 3.8) is 0 Å². The fraction of sp³-hybridized carbons (Fsp3) is 0.250. The molecule has 26 heavy (non-hydrogen) atoms. The molecule has 1 amide bonds. The number of amides is 1. The summed E-state index contributed by atoms with van der Waals surface area (Å²) in [5.74, 6) is 0.569. The molecule has 1 saturated heterocycles. The third-order valence-corrected chi connectivity index (χ3v) is 4.24. The number of carbonyl (C=O) groups excluding carboxylic acids is 1. The maximum atomic E-state index is 12.4.